The summed E-state index contributed by atoms with van der Waals surface area (Å²) in [5.74, 6) is 0. The second-order valence-electron chi connectivity index (χ2n) is 3.42. The van der Waals surface area contributed by atoms with Crippen molar-refractivity contribution >= 4 is 16.8 Å². The predicted octanol–water partition coefficient (Wildman–Crippen LogP) is 2.37. The minimum atomic E-state index is -3.94. The van der Waals surface area contributed by atoms with Crippen LogP contribution in [0.3, 0.4) is 0 Å². The minimum Gasteiger partial charge on any atom is -0.328 e. The molecular formula is C12H13O3PSZn. The van der Waals surface area contributed by atoms with E-state index in [1.165, 1.54) is 0 Å². The van der Waals surface area contributed by atoms with Gasteiger partial charge in [-0.05, 0) is 24.3 Å². The van der Waals surface area contributed by atoms with Crippen LogP contribution in [0, 0.1) is 0 Å². The van der Waals surface area contributed by atoms with Crippen molar-refractivity contribution < 1.29 is 34.2 Å². The number of hydrogen-bond donors (Lipinski definition) is 3. The van der Waals surface area contributed by atoms with E-state index < -0.39 is 16.8 Å². The number of hydrogen-bond acceptors (Lipinski definition) is 0. The zero-order valence-electron chi connectivity index (χ0n) is 9.68. The molecule has 2 rings (SSSR count). The van der Waals surface area contributed by atoms with Crippen molar-refractivity contribution in [2.75, 3.05) is 0 Å². The van der Waals surface area contributed by atoms with Gasteiger partial charge in [-0.15, -0.1) is 0 Å². The fraction of sp³-hybridized carbons (Fsp3) is 0. The van der Waals surface area contributed by atoms with Gasteiger partial charge in [-0.2, -0.15) is 0 Å². The Kier molecular flexibility index (Phi) is 5.93. The largest absolute Gasteiger partial charge is 0.328 e. The molecule has 2 aromatic rings. The van der Waals surface area contributed by atoms with Crippen molar-refractivity contribution in [1.29, 1.82) is 0 Å². The molecule has 92 valence electrons. The summed E-state index contributed by atoms with van der Waals surface area (Å²) in [5, 5.41) is 0. The Bertz CT molecular complexity index is 504. The molecule has 0 fully saturated rings. The van der Waals surface area contributed by atoms with Gasteiger partial charge in [0.1, 0.15) is 0 Å². The van der Waals surface area contributed by atoms with Gasteiger partial charge >= 0.3 is 0 Å². The quantitative estimate of drug-likeness (QED) is 0.584. The Morgan fingerprint density at radius 1 is 0.667 bits per heavy atom. The van der Waals surface area contributed by atoms with Crippen LogP contribution in [0.2, 0.25) is 0 Å². The number of rotatable bonds is 2. The van der Waals surface area contributed by atoms with Crippen LogP contribution in [-0.4, -0.2) is 14.7 Å². The molecule has 6 heteroatoms. The van der Waals surface area contributed by atoms with E-state index >= 15 is 0 Å². The third-order valence-corrected chi connectivity index (χ3v) is 6.84. The van der Waals surface area contributed by atoms with Gasteiger partial charge in [0.2, 0.25) is 0 Å². The van der Waals surface area contributed by atoms with Gasteiger partial charge in [-0.25, -0.2) is 0 Å². The molecule has 0 bridgehead atoms. The van der Waals surface area contributed by atoms with Crippen LogP contribution in [0.25, 0.3) is 0 Å². The molecule has 0 unspecified atom stereocenters. The van der Waals surface area contributed by atoms with Crippen LogP contribution in [0.4, 0.5) is 0 Å². The third kappa shape index (κ3) is 3.86. The summed E-state index contributed by atoms with van der Waals surface area (Å²) in [7, 11) is -1.09. The number of benzene rings is 2. The molecule has 0 spiro atoms. The van der Waals surface area contributed by atoms with E-state index in [4.69, 9.17) is 0 Å². The average Bonchev–Trinajstić information content (AvgIpc) is 2.30. The Balaban J connectivity index is 0.00000162. The van der Waals surface area contributed by atoms with E-state index in [1.54, 1.807) is 24.3 Å². The van der Waals surface area contributed by atoms with Crippen molar-refractivity contribution in [1.82, 2.24) is 0 Å². The first-order chi connectivity index (χ1) is 8.09. The maximum atomic E-state index is 9.62. The summed E-state index contributed by atoms with van der Waals surface area (Å²) in [5.41, 5.74) is 0. The first-order valence-electron chi connectivity index (χ1n) is 5.01. The molecule has 0 heterocycles. The van der Waals surface area contributed by atoms with Gasteiger partial charge in [0.15, 0.2) is 0 Å². The smallest absolute Gasteiger partial charge is 0.286 e. The maximum absolute atomic E-state index is 9.62. The van der Waals surface area contributed by atoms with E-state index in [9.17, 15) is 14.7 Å². The Hall–Kier alpha value is -0.277. The monoisotopic (exact) mass is 332 g/mol. The van der Waals surface area contributed by atoms with Crippen LogP contribution in [0.5, 0.6) is 0 Å². The molecule has 0 saturated carbocycles. The molecule has 0 amide bonds. The average molecular weight is 334 g/mol. The Morgan fingerprint density at radius 3 is 1.28 bits per heavy atom. The van der Waals surface area contributed by atoms with Crippen molar-refractivity contribution in [2.24, 2.45) is 0 Å². The zero-order valence-corrected chi connectivity index (χ0v) is 14.4. The molecule has 3 N–H and O–H groups in total. The topological polar surface area (TPSA) is 60.7 Å². The van der Waals surface area contributed by atoms with E-state index in [-0.39, 0.29) is 19.5 Å². The minimum absolute atomic E-state index is 0. The summed E-state index contributed by atoms with van der Waals surface area (Å²) >= 11 is 0. The normalized spacial score (nSPS) is 11.1. The fourth-order valence-corrected chi connectivity index (χ4v) is 5.61. The van der Waals surface area contributed by atoms with Gasteiger partial charge in [0, 0.05) is 29.3 Å². The van der Waals surface area contributed by atoms with Crippen molar-refractivity contribution in [2.45, 2.75) is 9.79 Å². The molecule has 0 saturated heterocycles. The summed E-state index contributed by atoms with van der Waals surface area (Å²) in [6.45, 7) is -3.94. The first-order valence-corrected chi connectivity index (χ1v) is 8.49. The summed E-state index contributed by atoms with van der Waals surface area (Å²) in [6.07, 6.45) is 0. The van der Waals surface area contributed by atoms with Gasteiger partial charge < -0.3 is 14.7 Å². The zero-order chi connectivity index (χ0) is 12.3. The Labute approximate surface area is 121 Å². The summed E-state index contributed by atoms with van der Waals surface area (Å²) < 4.78 is 0. The van der Waals surface area contributed by atoms with Crippen molar-refractivity contribution in [3.63, 3.8) is 0 Å². The fourth-order valence-electron chi connectivity index (χ4n) is 1.52. The molecule has 0 radical (unpaired) electrons. The van der Waals surface area contributed by atoms with Gasteiger partial charge in [0.05, 0.1) is 0 Å². The van der Waals surface area contributed by atoms with Gasteiger partial charge in [0.25, 0.3) is 6.72 Å². The van der Waals surface area contributed by atoms with Crippen molar-refractivity contribution in [3.05, 3.63) is 60.7 Å². The molecule has 18 heavy (non-hydrogen) atoms. The van der Waals surface area contributed by atoms with Gasteiger partial charge in [-0.3, -0.25) is 0 Å². The maximum Gasteiger partial charge on any atom is 0.286 e. The first kappa shape index (κ1) is 15.8. The standard InChI is InChI=1S/C12H13O3PS.Zn/c13-16(14,15)17(11-7-3-1-4-8-11)12-9-5-2-6-10-12;/h1-10,13-15H;. The van der Waals surface area contributed by atoms with Crippen LogP contribution >= 0.6 is 6.72 Å². The summed E-state index contributed by atoms with van der Waals surface area (Å²) in [6, 6.07) is 18.1. The van der Waals surface area contributed by atoms with E-state index in [2.05, 4.69) is 0 Å². The molecule has 3 nitrogen and oxygen atoms in total. The Morgan fingerprint density at radius 2 is 1.00 bits per heavy atom. The van der Waals surface area contributed by atoms with E-state index in [0.29, 0.717) is 0 Å². The van der Waals surface area contributed by atoms with Crippen molar-refractivity contribution in [3.8, 4) is 0 Å². The van der Waals surface area contributed by atoms with E-state index in [1.807, 2.05) is 36.4 Å². The molecule has 2 aromatic carbocycles. The summed E-state index contributed by atoms with van der Waals surface area (Å²) in [4.78, 5) is 30.3. The SMILES string of the molecule is OP(O)(O)=S(c1ccccc1)c1ccccc1.[Zn]. The van der Waals surface area contributed by atoms with Crippen LogP contribution in [0.1, 0.15) is 0 Å². The predicted molar refractivity (Wildman–Crippen MR) is 70.4 cm³/mol. The third-order valence-electron chi connectivity index (χ3n) is 2.18. The molecule has 0 aromatic heterocycles. The molecule has 0 aliphatic heterocycles. The second kappa shape index (κ2) is 6.76. The van der Waals surface area contributed by atoms with Crippen LogP contribution in [-0.2, 0) is 29.6 Å². The molecule has 0 aliphatic rings. The van der Waals surface area contributed by atoms with Crippen LogP contribution in [0.15, 0.2) is 70.5 Å². The molecule has 0 aliphatic carbocycles. The van der Waals surface area contributed by atoms with Gasteiger partial charge in [-0.1, -0.05) is 46.5 Å². The molecule has 0 atom stereocenters. The second-order valence-corrected chi connectivity index (χ2v) is 8.53. The molecular weight excluding hydrogens is 321 g/mol. The van der Waals surface area contributed by atoms with Crippen LogP contribution < -0.4 is 0 Å². The van der Waals surface area contributed by atoms with E-state index in [0.717, 1.165) is 9.79 Å².